The van der Waals surface area contributed by atoms with E-state index in [1.807, 2.05) is 49.4 Å². The molecule has 7 heteroatoms. The molecule has 6 nitrogen and oxygen atoms in total. The minimum absolute atomic E-state index is 0.382. The van der Waals surface area contributed by atoms with Gasteiger partial charge in [0.15, 0.2) is 16.6 Å². The molecule has 0 fully saturated rings. The molecule has 2 aromatic carbocycles. The molecule has 132 valence electrons. The Morgan fingerprint density at radius 2 is 1.72 bits per heavy atom. The number of methoxy groups -OCH3 is 3. The minimum Gasteiger partial charge on any atom is -0.497 e. The van der Waals surface area contributed by atoms with Crippen LogP contribution in [-0.4, -0.2) is 32.2 Å². The van der Waals surface area contributed by atoms with Crippen LogP contribution in [0.3, 0.4) is 0 Å². The molecule has 25 heavy (non-hydrogen) atoms. The monoisotopic (exact) mass is 359 g/mol. The van der Waals surface area contributed by atoms with Crippen LogP contribution in [0.4, 0.5) is 5.69 Å². The van der Waals surface area contributed by atoms with Crippen LogP contribution < -0.4 is 25.0 Å². The quantitative estimate of drug-likeness (QED) is 0.468. The molecule has 0 radical (unpaired) electrons. The second-order valence-corrected chi connectivity index (χ2v) is 5.47. The van der Waals surface area contributed by atoms with Crippen molar-refractivity contribution in [1.29, 1.82) is 0 Å². The zero-order chi connectivity index (χ0) is 18.2. The standard InChI is InChI=1S/C18H21N3O3S/c1-12(13-8-9-16(23-3)17(10-13)24-4)20-21-18(25)19-14-6-5-7-15(11-14)22-2/h5-11H,1-4H3,(H2,19,21,25)/b20-12+. The predicted molar refractivity (Wildman–Crippen MR) is 104 cm³/mol. The fourth-order valence-electron chi connectivity index (χ4n) is 2.12. The van der Waals surface area contributed by atoms with Gasteiger partial charge in [0.05, 0.1) is 27.0 Å². The Kier molecular flexibility index (Phi) is 6.59. The van der Waals surface area contributed by atoms with E-state index in [9.17, 15) is 0 Å². The molecule has 0 aromatic heterocycles. The first-order chi connectivity index (χ1) is 12.1. The number of hydrogen-bond donors (Lipinski definition) is 2. The van der Waals surface area contributed by atoms with E-state index in [1.54, 1.807) is 21.3 Å². The second-order valence-electron chi connectivity index (χ2n) is 5.06. The number of ether oxygens (including phenoxy) is 3. The highest BCUT2D eigenvalue weighted by molar-refractivity contribution is 7.80. The highest BCUT2D eigenvalue weighted by atomic mass is 32.1. The number of anilines is 1. The fraction of sp³-hybridized carbons (Fsp3) is 0.222. The van der Waals surface area contributed by atoms with Gasteiger partial charge in [-0.1, -0.05) is 6.07 Å². The number of nitrogens with one attached hydrogen (secondary N) is 2. The Hall–Kier alpha value is -2.80. The molecule has 2 rings (SSSR count). The van der Waals surface area contributed by atoms with Gasteiger partial charge in [-0.05, 0) is 49.5 Å². The van der Waals surface area contributed by atoms with Crippen molar-refractivity contribution in [2.24, 2.45) is 5.10 Å². The average Bonchev–Trinajstić information content (AvgIpc) is 2.65. The van der Waals surface area contributed by atoms with Crippen LogP contribution in [0.5, 0.6) is 17.2 Å². The van der Waals surface area contributed by atoms with Crippen molar-refractivity contribution in [3.05, 3.63) is 48.0 Å². The summed E-state index contributed by atoms with van der Waals surface area (Å²) >= 11 is 5.26. The van der Waals surface area contributed by atoms with Gasteiger partial charge in [0.2, 0.25) is 0 Å². The molecule has 0 aliphatic heterocycles. The molecule has 2 N–H and O–H groups in total. The van der Waals surface area contributed by atoms with Crippen molar-refractivity contribution in [2.45, 2.75) is 6.92 Å². The third-order valence-electron chi connectivity index (χ3n) is 3.45. The van der Waals surface area contributed by atoms with E-state index in [1.165, 1.54) is 0 Å². The van der Waals surface area contributed by atoms with E-state index in [0.29, 0.717) is 16.6 Å². The molecule has 0 aliphatic rings. The summed E-state index contributed by atoms with van der Waals surface area (Å²) in [5, 5.41) is 7.73. The first kappa shape index (κ1) is 18.5. The average molecular weight is 359 g/mol. The van der Waals surface area contributed by atoms with Gasteiger partial charge < -0.3 is 19.5 Å². The van der Waals surface area contributed by atoms with Gasteiger partial charge in [0.25, 0.3) is 0 Å². The molecule has 0 saturated carbocycles. The third-order valence-corrected chi connectivity index (χ3v) is 3.65. The summed E-state index contributed by atoms with van der Waals surface area (Å²) in [6.07, 6.45) is 0. The maximum Gasteiger partial charge on any atom is 0.191 e. The van der Waals surface area contributed by atoms with Gasteiger partial charge in [-0.2, -0.15) is 5.10 Å². The van der Waals surface area contributed by atoms with Gasteiger partial charge in [0.1, 0.15) is 5.75 Å². The molecule has 0 unspecified atom stereocenters. The van der Waals surface area contributed by atoms with Crippen LogP contribution >= 0.6 is 12.2 Å². The van der Waals surface area contributed by atoms with Gasteiger partial charge >= 0.3 is 0 Å². The Balaban J connectivity index is 2.03. The van der Waals surface area contributed by atoms with Gasteiger partial charge in [-0.15, -0.1) is 0 Å². The molecule has 0 bridgehead atoms. The topological polar surface area (TPSA) is 64.1 Å². The van der Waals surface area contributed by atoms with E-state index in [4.69, 9.17) is 26.4 Å². The lowest BCUT2D eigenvalue weighted by Crippen LogP contribution is -2.25. The number of thiocarbonyl (C=S) groups is 1. The molecular formula is C18H21N3O3S. The van der Waals surface area contributed by atoms with Crippen LogP contribution in [0, 0.1) is 0 Å². The summed E-state index contributed by atoms with van der Waals surface area (Å²) in [6.45, 7) is 1.88. The van der Waals surface area contributed by atoms with E-state index in [-0.39, 0.29) is 0 Å². The van der Waals surface area contributed by atoms with E-state index >= 15 is 0 Å². The van der Waals surface area contributed by atoms with Crippen LogP contribution in [-0.2, 0) is 0 Å². The van der Waals surface area contributed by atoms with Crippen molar-refractivity contribution in [2.75, 3.05) is 26.6 Å². The second kappa shape index (κ2) is 8.89. The zero-order valence-corrected chi connectivity index (χ0v) is 15.4. The summed E-state index contributed by atoms with van der Waals surface area (Å²) in [5.41, 5.74) is 5.30. The highest BCUT2D eigenvalue weighted by Gasteiger charge is 2.07. The largest absolute Gasteiger partial charge is 0.497 e. The minimum atomic E-state index is 0.382. The van der Waals surface area contributed by atoms with E-state index in [0.717, 1.165) is 22.7 Å². The van der Waals surface area contributed by atoms with Gasteiger partial charge in [-0.3, -0.25) is 5.43 Å². The van der Waals surface area contributed by atoms with E-state index < -0.39 is 0 Å². The molecule has 0 saturated heterocycles. The normalized spacial score (nSPS) is 10.8. The number of hydrogen-bond acceptors (Lipinski definition) is 5. The molecule has 0 aliphatic carbocycles. The number of hydrazone groups is 1. The predicted octanol–water partition coefficient (Wildman–Crippen LogP) is 3.42. The van der Waals surface area contributed by atoms with E-state index in [2.05, 4.69) is 15.8 Å². The number of benzene rings is 2. The van der Waals surface area contributed by atoms with Crippen LogP contribution in [0.25, 0.3) is 0 Å². The molecule has 2 aromatic rings. The molecule has 0 amide bonds. The summed E-state index contributed by atoms with van der Waals surface area (Å²) in [5.74, 6) is 2.06. The molecule has 0 spiro atoms. The SMILES string of the molecule is COc1cccc(NC(=S)N/N=C(\C)c2ccc(OC)c(OC)c2)c1. The summed E-state index contributed by atoms with van der Waals surface area (Å²) in [6, 6.07) is 13.1. The lowest BCUT2D eigenvalue weighted by atomic mass is 10.1. The molecule has 0 heterocycles. The Morgan fingerprint density at radius 1 is 0.960 bits per heavy atom. The number of nitrogens with zero attached hydrogens (tertiary/aromatic N) is 1. The Morgan fingerprint density at radius 3 is 2.40 bits per heavy atom. The van der Waals surface area contributed by atoms with Crippen LogP contribution in [0.2, 0.25) is 0 Å². The van der Waals surface area contributed by atoms with Crippen LogP contribution in [0.1, 0.15) is 12.5 Å². The number of rotatable bonds is 6. The first-order valence-electron chi connectivity index (χ1n) is 7.55. The van der Waals surface area contributed by atoms with Gasteiger partial charge in [0, 0.05) is 17.3 Å². The molecular weight excluding hydrogens is 338 g/mol. The van der Waals surface area contributed by atoms with Crippen molar-refractivity contribution in [3.63, 3.8) is 0 Å². The smallest absolute Gasteiger partial charge is 0.191 e. The fourth-order valence-corrected chi connectivity index (χ4v) is 2.28. The highest BCUT2D eigenvalue weighted by Crippen LogP contribution is 2.27. The zero-order valence-electron chi connectivity index (χ0n) is 14.6. The molecule has 0 atom stereocenters. The van der Waals surface area contributed by atoms with Crippen LogP contribution in [0.15, 0.2) is 47.6 Å². The third kappa shape index (κ3) is 5.09. The Labute approximate surface area is 152 Å². The first-order valence-corrected chi connectivity index (χ1v) is 7.96. The lowest BCUT2D eigenvalue weighted by molar-refractivity contribution is 0.355. The maximum absolute atomic E-state index is 5.30. The van der Waals surface area contributed by atoms with Crippen molar-refractivity contribution >= 4 is 28.7 Å². The lowest BCUT2D eigenvalue weighted by Gasteiger charge is -2.11. The van der Waals surface area contributed by atoms with Crippen molar-refractivity contribution in [3.8, 4) is 17.2 Å². The summed E-state index contributed by atoms with van der Waals surface area (Å²) in [7, 11) is 4.81. The van der Waals surface area contributed by atoms with Gasteiger partial charge in [-0.25, -0.2) is 0 Å². The summed E-state index contributed by atoms with van der Waals surface area (Å²) < 4.78 is 15.7. The van der Waals surface area contributed by atoms with Crippen molar-refractivity contribution < 1.29 is 14.2 Å². The Bertz CT molecular complexity index is 778. The van der Waals surface area contributed by atoms with Crippen molar-refractivity contribution in [1.82, 2.24) is 5.43 Å². The summed E-state index contributed by atoms with van der Waals surface area (Å²) in [4.78, 5) is 0. The maximum atomic E-state index is 5.30.